The van der Waals surface area contributed by atoms with Crippen LogP contribution >= 0.6 is 11.6 Å². The molecule has 3 heterocycles. The molecule has 4 rings (SSSR count). The second kappa shape index (κ2) is 8.16. The van der Waals surface area contributed by atoms with Crippen LogP contribution in [0, 0.1) is 0 Å². The van der Waals surface area contributed by atoms with Gasteiger partial charge >= 0.3 is 0 Å². The number of benzene rings is 1. The fourth-order valence-electron chi connectivity index (χ4n) is 3.79. The molecule has 2 fully saturated rings. The number of ketones is 1. The van der Waals surface area contributed by atoms with Gasteiger partial charge in [-0.15, -0.1) is 0 Å². The van der Waals surface area contributed by atoms with Crippen molar-refractivity contribution in [3.63, 3.8) is 0 Å². The summed E-state index contributed by atoms with van der Waals surface area (Å²) in [6.45, 7) is 3.36. The number of nitrogens with one attached hydrogen (secondary N) is 1. The molecule has 0 amide bonds. The van der Waals surface area contributed by atoms with Gasteiger partial charge in [-0.25, -0.2) is 4.98 Å². The second-order valence-corrected chi connectivity index (χ2v) is 7.66. The molecule has 150 valence electrons. The lowest BCUT2D eigenvalue weighted by Gasteiger charge is -2.29. The summed E-state index contributed by atoms with van der Waals surface area (Å²) in [5.74, 6) is -0.127. The van der Waals surface area contributed by atoms with Crippen LogP contribution in [0.4, 0.5) is 5.69 Å². The lowest BCUT2D eigenvalue weighted by Crippen LogP contribution is -2.36. The van der Waals surface area contributed by atoms with Crippen molar-refractivity contribution in [2.24, 2.45) is 0 Å². The first-order valence-corrected chi connectivity index (χ1v) is 9.85. The molecule has 2 aliphatic rings. The molecule has 2 saturated heterocycles. The van der Waals surface area contributed by atoms with Crippen LogP contribution in [0.2, 0.25) is 5.02 Å². The summed E-state index contributed by atoms with van der Waals surface area (Å²) >= 11 is 6.43. The van der Waals surface area contributed by atoms with Crippen molar-refractivity contribution < 1.29 is 14.6 Å². The fraction of sp³-hybridized carbons (Fsp3) is 0.526. The zero-order valence-electron chi connectivity index (χ0n) is 15.4. The minimum Gasteiger partial charge on any atom is -0.391 e. The zero-order chi connectivity index (χ0) is 19.7. The maximum Gasteiger partial charge on any atom is 0.261 e. The summed E-state index contributed by atoms with van der Waals surface area (Å²) in [5, 5.41) is 13.8. The van der Waals surface area contributed by atoms with Crippen LogP contribution < -0.4 is 15.8 Å². The number of nitrogens with zero attached hydrogens (tertiary/aromatic N) is 3. The molecular formula is C19H23ClN4O4. The van der Waals surface area contributed by atoms with E-state index in [-0.39, 0.29) is 30.3 Å². The van der Waals surface area contributed by atoms with E-state index in [1.165, 1.54) is 10.9 Å². The van der Waals surface area contributed by atoms with Crippen LogP contribution in [0.5, 0.6) is 0 Å². The summed E-state index contributed by atoms with van der Waals surface area (Å²) in [5.41, 5.74) is 1.08. The van der Waals surface area contributed by atoms with E-state index < -0.39 is 6.10 Å². The average molecular weight is 407 g/mol. The lowest BCUT2D eigenvalue weighted by atomic mass is 10.1. The summed E-state index contributed by atoms with van der Waals surface area (Å²) in [6, 6.07) is 3.19. The van der Waals surface area contributed by atoms with Gasteiger partial charge in [-0.3, -0.25) is 14.2 Å². The molecule has 0 aliphatic carbocycles. The van der Waals surface area contributed by atoms with E-state index in [1.807, 2.05) is 6.07 Å². The fourth-order valence-corrected chi connectivity index (χ4v) is 4.07. The van der Waals surface area contributed by atoms with Crippen LogP contribution in [0.3, 0.4) is 0 Å². The Bertz CT molecular complexity index is 941. The number of carbonyl (C=O) groups is 1. The summed E-state index contributed by atoms with van der Waals surface area (Å²) in [4.78, 5) is 31.6. The second-order valence-electron chi connectivity index (χ2n) is 7.26. The number of Topliss-reactive ketones (excluding diaryl/α,β-unsaturated/α-hetero) is 1. The van der Waals surface area contributed by atoms with E-state index in [9.17, 15) is 14.7 Å². The maximum absolute atomic E-state index is 12.8. The smallest absolute Gasteiger partial charge is 0.261 e. The van der Waals surface area contributed by atoms with E-state index in [0.29, 0.717) is 42.1 Å². The van der Waals surface area contributed by atoms with Crippen LogP contribution in [0.15, 0.2) is 23.3 Å². The summed E-state index contributed by atoms with van der Waals surface area (Å²) < 4.78 is 6.67. The molecule has 2 atom stereocenters. The number of aliphatic hydroxyl groups is 1. The van der Waals surface area contributed by atoms with E-state index in [1.54, 1.807) is 6.07 Å². The minimum atomic E-state index is -0.521. The number of aromatic nitrogens is 2. The molecule has 2 aliphatic heterocycles. The van der Waals surface area contributed by atoms with Crippen LogP contribution in [-0.2, 0) is 16.1 Å². The Hall–Kier alpha value is -2.00. The first kappa shape index (κ1) is 19.3. The van der Waals surface area contributed by atoms with E-state index in [2.05, 4.69) is 15.2 Å². The van der Waals surface area contributed by atoms with Crippen LogP contribution in [-0.4, -0.2) is 65.4 Å². The Kier molecular flexibility index (Phi) is 5.63. The Morgan fingerprint density at radius 2 is 2.14 bits per heavy atom. The van der Waals surface area contributed by atoms with Crippen molar-refractivity contribution in [1.82, 2.24) is 14.9 Å². The first-order chi connectivity index (χ1) is 13.5. The van der Waals surface area contributed by atoms with Crippen molar-refractivity contribution in [1.29, 1.82) is 0 Å². The third-order valence-corrected chi connectivity index (χ3v) is 5.65. The number of aliphatic hydroxyl groups excluding tert-OH is 1. The van der Waals surface area contributed by atoms with Gasteiger partial charge in [-0.2, -0.15) is 0 Å². The van der Waals surface area contributed by atoms with Gasteiger partial charge in [0.15, 0.2) is 5.78 Å². The molecule has 1 aromatic heterocycles. The van der Waals surface area contributed by atoms with Gasteiger partial charge < -0.3 is 20.1 Å². The molecule has 9 heteroatoms. The number of fused-ring (bicyclic) bond motifs is 1. The summed E-state index contributed by atoms with van der Waals surface area (Å²) in [6.07, 6.45) is 1.70. The number of halogens is 1. The SMILES string of the molecule is O=C(C[C@H]1NCC[C@@H]1O)Cn1cnc2cc(N3CCOCC3)c(Cl)cc2c1=O. The minimum absolute atomic E-state index is 0.0739. The normalized spacial score (nSPS) is 22.7. The highest BCUT2D eigenvalue weighted by Gasteiger charge is 2.27. The topological polar surface area (TPSA) is 96.7 Å². The van der Waals surface area contributed by atoms with E-state index in [0.717, 1.165) is 18.8 Å². The van der Waals surface area contributed by atoms with Gasteiger partial charge in [-0.05, 0) is 25.1 Å². The van der Waals surface area contributed by atoms with Crippen molar-refractivity contribution in [2.45, 2.75) is 31.5 Å². The van der Waals surface area contributed by atoms with Crippen molar-refractivity contribution in [3.05, 3.63) is 33.8 Å². The monoisotopic (exact) mass is 406 g/mol. The van der Waals surface area contributed by atoms with Crippen LogP contribution in [0.25, 0.3) is 10.9 Å². The highest BCUT2D eigenvalue weighted by atomic mass is 35.5. The largest absolute Gasteiger partial charge is 0.391 e. The Balaban J connectivity index is 1.56. The number of anilines is 1. The van der Waals surface area contributed by atoms with Crippen molar-refractivity contribution in [2.75, 3.05) is 37.7 Å². The highest BCUT2D eigenvalue weighted by Crippen LogP contribution is 2.29. The molecule has 0 bridgehead atoms. The van der Waals surface area contributed by atoms with E-state index in [4.69, 9.17) is 16.3 Å². The summed E-state index contributed by atoms with van der Waals surface area (Å²) in [7, 11) is 0. The lowest BCUT2D eigenvalue weighted by molar-refractivity contribution is -0.120. The Morgan fingerprint density at radius 3 is 2.86 bits per heavy atom. The highest BCUT2D eigenvalue weighted by molar-refractivity contribution is 6.34. The average Bonchev–Trinajstić information content (AvgIpc) is 3.09. The molecule has 0 radical (unpaired) electrons. The molecule has 1 aromatic carbocycles. The number of carbonyl (C=O) groups excluding carboxylic acids is 1. The van der Waals surface area contributed by atoms with E-state index >= 15 is 0 Å². The van der Waals surface area contributed by atoms with Crippen LogP contribution in [0.1, 0.15) is 12.8 Å². The molecule has 0 spiro atoms. The quantitative estimate of drug-likeness (QED) is 0.749. The molecular weight excluding hydrogens is 384 g/mol. The molecule has 28 heavy (non-hydrogen) atoms. The third kappa shape index (κ3) is 3.91. The van der Waals surface area contributed by atoms with Gasteiger partial charge in [0.05, 0.1) is 53.8 Å². The first-order valence-electron chi connectivity index (χ1n) is 9.47. The number of rotatable bonds is 5. The van der Waals surface area contributed by atoms with Gasteiger partial charge in [0.1, 0.15) is 0 Å². The predicted octanol–water partition coefficient (Wildman–Crippen LogP) is 0.568. The molecule has 8 nitrogen and oxygen atoms in total. The molecule has 0 unspecified atom stereocenters. The third-order valence-electron chi connectivity index (χ3n) is 5.35. The van der Waals surface area contributed by atoms with Gasteiger partial charge in [-0.1, -0.05) is 11.6 Å². The maximum atomic E-state index is 12.8. The Labute approximate surface area is 167 Å². The molecule has 2 aromatic rings. The number of ether oxygens (including phenoxy) is 1. The number of hydrogen-bond acceptors (Lipinski definition) is 7. The standard InChI is InChI=1S/C19H23ClN4O4/c20-14-8-13-15(9-17(14)23-3-5-28-6-4-23)22-11-24(19(13)27)10-12(25)7-16-18(26)1-2-21-16/h8-9,11,16,18,21,26H,1-7,10H2/t16-,18+/m1/s1. The Morgan fingerprint density at radius 1 is 1.36 bits per heavy atom. The molecule has 2 N–H and O–H groups in total. The molecule has 0 saturated carbocycles. The van der Waals surface area contributed by atoms with Crippen molar-refractivity contribution in [3.8, 4) is 0 Å². The van der Waals surface area contributed by atoms with Gasteiger partial charge in [0.25, 0.3) is 5.56 Å². The predicted molar refractivity (Wildman–Crippen MR) is 106 cm³/mol. The zero-order valence-corrected chi connectivity index (χ0v) is 16.2. The number of morpholine rings is 1. The van der Waals surface area contributed by atoms with Gasteiger partial charge in [0.2, 0.25) is 0 Å². The number of hydrogen-bond donors (Lipinski definition) is 2. The van der Waals surface area contributed by atoms with Gasteiger partial charge in [0, 0.05) is 25.6 Å². The van der Waals surface area contributed by atoms with Crippen molar-refractivity contribution >= 4 is 34.0 Å².